The summed E-state index contributed by atoms with van der Waals surface area (Å²) < 4.78 is 4.81. The fourth-order valence-electron chi connectivity index (χ4n) is 3.13. The Bertz CT molecular complexity index is 656. The summed E-state index contributed by atoms with van der Waals surface area (Å²) in [7, 11) is 1.36. The predicted molar refractivity (Wildman–Crippen MR) is 93.3 cm³/mol. The number of carbonyl (C=O) groups excluding carboxylic acids is 3. The van der Waals surface area contributed by atoms with Gasteiger partial charge < -0.3 is 20.7 Å². The molecule has 3 N–H and O–H groups in total. The van der Waals surface area contributed by atoms with E-state index in [4.69, 9.17) is 10.5 Å². The van der Waals surface area contributed by atoms with E-state index in [1.807, 2.05) is 13.8 Å². The second kappa shape index (κ2) is 8.00. The average molecular weight is 347 g/mol. The highest BCUT2D eigenvalue weighted by Crippen LogP contribution is 2.22. The van der Waals surface area contributed by atoms with Crippen molar-refractivity contribution in [1.29, 1.82) is 0 Å². The zero-order chi connectivity index (χ0) is 18.6. The standard InChI is InChI=1S/C18H25N3O4/c1-4-11-6-13(17(23)25-3)7-12(5-2)15(11)8-16(22)21-9-14(10-21)20-18(19)24/h6-7,14H,4-5,8-10H2,1-3H3,(H3,19,20,24). The van der Waals surface area contributed by atoms with E-state index < -0.39 is 6.03 Å². The summed E-state index contributed by atoms with van der Waals surface area (Å²) in [6.45, 7) is 4.95. The van der Waals surface area contributed by atoms with E-state index >= 15 is 0 Å². The molecule has 0 aromatic heterocycles. The molecule has 1 heterocycles. The number of likely N-dealkylation sites (tertiary alicyclic amines) is 1. The van der Waals surface area contributed by atoms with Gasteiger partial charge in [-0.25, -0.2) is 9.59 Å². The molecular formula is C18H25N3O4. The molecule has 1 aromatic carbocycles. The maximum Gasteiger partial charge on any atom is 0.337 e. The van der Waals surface area contributed by atoms with E-state index in [0.717, 1.165) is 29.5 Å². The van der Waals surface area contributed by atoms with Crippen LogP contribution in [0.2, 0.25) is 0 Å². The lowest BCUT2D eigenvalue weighted by Gasteiger charge is -2.39. The van der Waals surface area contributed by atoms with Gasteiger partial charge in [-0.2, -0.15) is 0 Å². The molecule has 136 valence electrons. The van der Waals surface area contributed by atoms with Gasteiger partial charge in [0.2, 0.25) is 5.91 Å². The van der Waals surface area contributed by atoms with Crippen LogP contribution in [0.4, 0.5) is 4.79 Å². The van der Waals surface area contributed by atoms with Crippen LogP contribution in [0.1, 0.15) is 40.9 Å². The number of nitrogens with two attached hydrogens (primary N) is 1. The quantitative estimate of drug-likeness (QED) is 0.750. The van der Waals surface area contributed by atoms with Gasteiger partial charge in [0, 0.05) is 13.1 Å². The SMILES string of the molecule is CCc1cc(C(=O)OC)cc(CC)c1CC(=O)N1CC(NC(N)=O)C1. The molecule has 1 aliphatic rings. The third-order valence-electron chi connectivity index (χ3n) is 4.53. The van der Waals surface area contributed by atoms with Gasteiger partial charge in [-0.05, 0) is 41.7 Å². The van der Waals surface area contributed by atoms with E-state index in [9.17, 15) is 14.4 Å². The monoisotopic (exact) mass is 347 g/mol. The van der Waals surface area contributed by atoms with Crippen LogP contribution in [0.3, 0.4) is 0 Å². The lowest BCUT2D eigenvalue weighted by molar-refractivity contribution is -0.135. The normalized spacial score (nSPS) is 14.0. The van der Waals surface area contributed by atoms with Crippen molar-refractivity contribution in [2.45, 2.75) is 39.2 Å². The second-order valence-electron chi connectivity index (χ2n) is 6.15. The molecule has 1 aliphatic heterocycles. The highest BCUT2D eigenvalue weighted by Gasteiger charge is 2.31. The molecule has 0 aliphatic carbocycles. The lowest BCUT2D eigenvalue weighted by Crippen LogP contribution is -2.62. The van der Waals surface area contributed by atoms with Gasteiger partial charge in [-0.1, -0.05) is 13.8 Å². The number of carbonyl (C=O) groups is 3. The summed E-state index contributed by atoms with van der Waals surface area (Å²) in [4.78, 5) is 36.9. The summed E-state index contributed by atoms with van der Waals surface area (Å²) in [5.41, 5.74) is 8.55. The Balaban J connectivity index is 2.14. The number of methoxy groups -OCH3 is 1. The number of urea groups is 1. The Morgan fingerprint density at radius 2 is 1.76 bits per heavy atom. The van der Waals surface area contributed by atoms with E-state index in [0.29, 0.717) is 18.7 Å². The van der Waals surface area contributed by atoms with Crippen molar-refractivity contribution >= 4 is 17.9 Å². The van der Waals surface area contributed by atoms with Gasteiger partial charge in [0.15, 0.2) is 0 Å². The Morgan fingerprint density at radius 1 is 1.20 bits per heavy atom. The fraction of sp³-hybridized carbons (Fsp3) is 0.500. The molecule has 0 atom stereocenters. The molecule has 1 fully saturated rings. The number of aryl methyl sites for hydroxylation is 2. The van der Waals surface area contributed by atoms with Gasteiger partial charge in [-0.15, -0.1) is 0 Å². The van der Waals surface area contributed by atoms with Crippen LogP contribution >= 0.6 is 0 Å². The molecule has 25 heavy (non-hydrogen) atoms. The number of hydrogen-bond acceptors (Lipinski definition) is 4. The predicted octanol–water partition coefficient (Wildman–Crippen LogP) is 1.02. The average Bonchev–Trinajstić information content (AvgIpc) is 2.56. The highest BCUT2D eigenvalue weighted by molar-refractivity contribution is 5.90. The van der Waals surface area contributed by atoms with E-state index in [1.165, 1.54) is 7.11 Å². The van der Waals surface area contributed by atoms with Crippen LogP contribution in [0, 0.1) is 0 Å². The summed E-state index contributed by atoms with van der Waals surface area (Å²) in [5, 5.41) is 2.59. The van der Waals surface area contributed by atoms with Crippen molar-refractivity contribution in [2.24, 2.45) is 5.73 Å². The third kappa shape index (κ3) is 4.29. The summed E-state index contributed by atoms with van der Waals surface area (Å²) in [5.74, 6) is -0.358. The Labute approximate surface area is 147 Å². The van der Waals surface area contributed by atoms with Crippen molar-refractivity contribution in [1.82, 2.24) is 10.2 Å². The van der Waals surface area contributed by atoms with Crippen LogP contribution in [0.5, 0.6) is 0 Å². The van der Waals surface area contributed by atoms with Crippen molar-refractivity contribution in [3.63, 3.8) is 0 Å². The summed E-state index contributed by atoms with van der Waals surface area (Å²) >= 11 is 0. The molecule has 0 spiro atoms. The molecule has 0 unspecified atom stereocenters. The first kappa shape index (κ1) is 18.8. The van der Waals surface area contributed by atoms with Gasteiger partial charge in [0.05, 0.1) is 25.1 Å². The van der Waals surface area contributed by atoms with E-state index in [2.05, 4.69) is 5.32 Å². The number of esters is 1. The number of amides is 3. The first-order chi connectivity index (χ1) is 11.9. The number of benzene rings is 1. The molecule has 7 heteroatoms. The Hall–Kier alpha value is -2.57. The zero-order valence-electron chi connectivity index (χ0n) is 14.9. The van der Waals surface area contributed by atoms with Crippen LogP contribution in [0.25, 0.3) is 0 Å². The maximum atomic E-state index is 12.5. The molecule has 3 amide bonds. The van der Waals surface area contributed by atoms with Crippen LogP contribution in [0.15, 0.2) is 12.1 Å². The number of hydrogen-bond donors (Lipinski definition) is 2. The van der Waals surface area contributed by atoms with Gasteiger partial charge in [-0.3, -0.25) is 4.79 Å². The van der Waals surface area contributed by atoms with E-state index in [-0.39, 0.29) is 24.3 Å². The molecule has 0 radical (unpaired) electrons. The van der Waals surface area contributed by atoms with Crippen molar-refractivity contribution in [2.75, 3.05) is 20.2 Å². The summed E-state index contributed by atoms with van der Waals surface area (Å²) in [6, 6.07) is 2.97. The topological polar surface area (TPSA) is 102 Å². The van der Waals surface area contributed by atoms with E-state index in [1.54, 1.807) is 17.0 Å². The Kier molecular flexibility index (Phi) is 6.01. The molecular weight excluding hydrogens is 322 g/mol. The van der Waals surface area contributed by atoms with Crippen LogP contribution in [-0.2, 0) is 28.8 Å². The molecule has 2 rings (SSSR count). The highest BCUT2D eigenvalue weighted by atomic mass is 16.5. The van der Waals surface area contributed by atoms with Crippen molar-refractivity contribution < 1.29 is 19.1 Å². The van der Waals surface area contributed by atoms with Crippen molar-refractivity contribution in [3.8, 4) is 0 Å². The molecule has 7 nitrogen and oxygen atoms in total. The zero-order valence-corrected chi connectivity index (χ0v) is 14.9. The lowest BCUT2D eigenvalue weighted by atomic mass is 9.91. The number of ether oxygens (including phenoxy) is 1. The smallest absolute Gasteiger partial charge is 0.337 e. The maximum absolute atomic E-state index is 12.5. The third-order valence-corrected chi connectivity index (χ3v) is 4.53. The van der Waals surface area contributed by atoms with Gasteiger partial charge in [0.1, 0.15) is 0 Å². The largest absolute Gasteiger partial charge is 0.465 e. The fourth-order valence-corrected chi connectivity index (χ4v) is 3.13. The molecule has 0 saturated carbocycles. The number of nitrogens with zero attached hydrogens (tertiary/aromatic N) is 1. The first-order valence-electron chi connectivity index (χ1n) is 8.46. The minimum absolute atomic E-state index is 0.0118. The van der Waals surface area contributed by atoms with Crippen molar-refractivity contribution in [3.05, 3.63) is 34.4 Å². The molecule has 1 saturated heterocycles. The molecule has 1 aromatic rings. The van der Waals surface area contributed by atoms with Gasteiger partial charge >= 0.3 is 12.0 Å². The van der Waals surface area contributed by atoms with Gasteiger partial charge in [0.25, 0.3) is 0 Å². The Morgan fingerprint density at radius 3 is 2.20 bits per heavy atom. The minimum atomic E-state index is -0.572. The first-order valence-corrected chi connectivity index (χ1v) is 8.46. The number of rotatable bonds is 6. The second-order valence-corrected chi connectivity index (χ2v) is 6.15. The summed E-state index contributed by atoms with van der Waals surface area (Å²) in [6.07, 6.45) is 1.75. The molecule has 0 bridgehead atoms. The number of primary amides is 1. The van der Waals surface area contributed by atoms with Crippen LogP contribution < -0.4 is 11.1 Å². The minimum Gasteiger partial charge on any atom is -0.465 e. The van der Waals surface area contributed by atoms with Crippen LogP contribution in [-0.4, -0.2) is 49.0 Å². The number of nitrogens with one attached hydrogen (secondary N) is 1.